The van der Waals surface area contributed by atoms with Crippen molar-refractivity contribution in [3.63, 3.8) is 0 Å². The number of ketones is 1. The van der Waals surface area contributed by atoms with E-state index in [9.17, 15) is 4.79 Å². The molecule has 1 aromatic rings. The highest BCUT2D eigenvalue weighted by molar-refractivity contribution is 8.01. The maximum absolute atomic E-state index is 12.3. The molecule has 2 aliphatic rings. The summed E-state index contributed by atoms with van der Waals surface area (Å²) in [6.07, 6.45) is 4.79. The minimum atomic E-state index is -0.0255. The van der Waals surface area contributed by atoms with Gasteiger partial charge in [-0.1, -0.05) is 25.6 Å². The van der Waals surface area contributed by atoms with E-state index in [0.29, 0.717) is 18.2 Å². The molecule has 0 spiro atoms. The Hall–Kier alpha value is -1.00. The molecule has 0 saturated heterocycles. The fraction of sp³-hybridized carbons (Fsp3) is 0.588. The van der Waals surface area contributed by atoms with Gasteiger partial charge >= 0.3 is 0 Å². The third-order valence-corrected chi connectivity index (χ3v) is 5.79. The number of aryl methyl sites for hydroxylation is 1. The largest absolute Gasteiger partial charge is 0.352 e. The monoisotopic (exact) mass is 304 g/mol. The van der Waals surface area contributed by atoms with E-state index in [0.717, 1.165) is 32.2 Å². The predicted molar refractivity (Wildman–Crippen MR) is 89.0 cm³/mol. The molecular formula is C17H24N2OS. The number of hydrogen-bond acceptors (Lipinski definition) is 4. The minimum Gasteiger partial charge on any atom is -0.352 e. The van der Waals surface area contributed by atoms with Gasteiger partial charge in [-0.25, -0.2) is 0 Å². The van der Waals surface area contributed by atoms with Crippen LogP contribution in [-0.2, 0) is 17.6 Å². The summed E-state index contributed by atoms with van der Waals surface area (Å²) in [4.78, 5) is 15.8. The molecule has 0 radical (unpaired) electrons. The lowest BCUT2D eigenvalue weighted by atomic mass is 9.88. The molecule has 1 aliphatic carbocycles. The number of thioether (sulfide) groups is 1. The van der Waals surface area contributed by atoms with E-state index in [1.54, 1.807) is 11.8 Å². The fourth-order valence-electron chi connectivity index (χ4n) is 3.32. The molecule has 3 nitrogen and oxygen atoms in total. The average Bonchev–Trinajstić information content (AvgIpc) is 2.82. The van der Waals surface area contributed by atoms with Gasteiger partial charge in [-0.3, -0.25) is 4.79 Å². The number of carbonyl (C=O) groups excluding carboxylic acids is 1. The molecule has 1 aliphatic heterocycles. The minimum absolute atomic E-state index is 0.0255. The third-order valence-electron chi connectivity index (χ3n) is 4.47. The van der Waals surface area contributed by atoms with Crippen LogP contribution in [-0.4, -0.2) is 23.7 Å². The first-order valence-electron chi connectivity index (χ1n) is 8.01. The second kappa shape index (κ2) is 6.01. The number of fused-ring (bicyclic) bond motifs is 2. The topological polar surface area (TPSA) is 46.3 Å². The SMILES string of the molecule is CCCN1c2cc3c(cc2SC1C(=O)CC)CC(N)CC3. The first-order chi connectivity index (χ1) is 10.1. The quantitative estimate of drug-likeness (QED) is 0.928. The summed E-state index contributed by atoms with van der Waals surface area (Å²) < 4.78 is 0. The summed E-state index contributed by atoms with van der Waals surface area (Å²) in [7, 11) is 0. The number of anilines is 1. The highest BCUT2D eigenvalue weighted by Crippen LogP contribution is 2.46. The van der Waals surface area contributed by atoms with E-state index < -0.39 is 0 Å². The summed E-state index contributed by atoms with van der Waals surface area (Å²) in [5.41, 5.74) is 10.2. The van der Waals surface area contributed by atoms with Crippen LogP contribution in [0.1, 0.15) is 44.2 Å². The van der Waals surface area contributed by atoms with Crippen LogP contribution in [0.3, 0.4) is 0 Å². The number of Topliss-reactive ketones (excluding diaryl/α,β-unsaturated/α-hetero) is 1. The van der Waals surface area contributed by atoms with Crippen molar-refractivity contribution in [1.82, 2.24) is 0 Å². The van der Waals surface area contributed by atoms with Crippen molar-refractivity contribution in [2.75, 3.05) is 11.4 Å². The molecule has 3 rings (SSSR count). The zero-order valence-electron chi connectivity index (χ0n) is 12.9. The van der Waals surface area contributed by atoms with Gasteiger partial charge in [0, 0.05) is 23.9 Å². The maximum atomic E-state index is 12.3. The zero-order chi connectivity index (χ0) is 15.0. The summed E-state index contributed by atoms with van der Waals surface area (Å²) >= 11 is 1.73. The Morgan fingerprint density at radius 1 is 1.38 bits per heavy atom. The highest BCUT2D eigenvalue weighted by atomic mass is 32.2. The molecule has 2 N–H and O–H groups in total. The summed E-state index contributed by atoms with van der Waals surface area (Å²) in [5.74, 6) is 0.333. The van der Waals surface area contributed by atoms with Gasteiger partial charge in [0.15, 0.2) is 5.78 Å². The van der Waals surface area contributed by atoms with E-state index in [1.807, 2.05) is 6.92 Å². The Bertz CT molecular complexity index is 558. The molecule has 0 saturated carbocycles. The van der Waals surface area contributed by atoms with Gasteiger partial charge in [0.1, 0.15) is 5.37 Å². The number of rotatable bonds is 4. The van der Waals surface area contributed by atoms with Crippen LogP contribution in [0.25, 0.3) is 0 Å². The molecule has 2 atom stereocenters. The molecule has 1 aromatic carbocycles. The van der Waals surface area contributed by atoms with Crippen molar-refractivity contribution >= 4 is 23.2 Å². The van der Waals surface area contributed by atoms with Gasteiger partial charge in [0.05, 0.1) is 5.69 Å². The Balaban J connectivity index is 1.97. The van der Waals surface area contributed by atoms with Crippen LogP contribution in [0, 0.1) is 0 Å². The Morgan fingerprint density at radius 3 is 2.90 bits per heavy atom. The molecule has 0 fully saturated rings. The van der Waals surface area contributed by atoms with Crippen LogP contribution >= 0.6 is 11.8 Å². The van der Waals surface area contributed by atoms with Crippen molar-refractivity contribution < 1.29 is 4.79 Å². The molecule has 1 heterocycles. The molecule has 4 heteroatoms. The Kier molecular flexibility index (Phi) is 4.27. The van der Waals surface area contributed by atoms with Gasteiger partial charge < -0.3 is 10.6 Å². The van der Waals surface area contributed by atoms with Crippen LogP contribution in [0.4, 0.5) is 5.69 Å². The van der Waals surface area contributed by atoms with Gasteiger partial charge in [0.25, 0.3) is 0 Å². The molecule has 114 valence electrons. The summed E-state index contributed by atoms with van der Waals surface area (Å²) in [6, 6.07) is 4.91. The zero-order valence-corrected chi connectivity index (χ0v) is 13.7. The normalized spacial score (nSPS) is 23.9. The molecule has 0 aromatic heterocycles. The smallest absolute Gasteiger partial charge is 0.165 e. The van der Waals surface area contributed by atoms with Crippen molar-refractivity contribution in [3.05, 3.63) is 23.3 Å². The van der Waals surface area contributed by atoms with Crippen molar-refractivity contribution in [3.8, 4) is 0 Å². The first kappa shape index (κ1) is 14.9. The van der Waals surface area contributed by atoms with Crippen LogP contribution in [0.15, 0.2) is 17.0 Å². The summed E-state index contributed by atoms with van der Waals surface area (Å²) in [6.45, 7) is 5.09. The number of nitrogens with zero attached hydrogens (tertiary/aromatic N) is 1. The van der Waals surface area contributed by atoms with Crippen LogP contribution < -0.4 is 10.6 Å². The van der Waals surface area contributed by atoms with Gasteiger partial charge in [-0.05, 0) is 48.9 Å². The maximum Gasteiger partial charge on any atom is 0.165 e. The number of nitrogens with two attached hydrogens (primary N) is 1. The third kappa shape index (κ3) is 2.71. The lowest BCUT2D eigenvalue weighted by molar-refractivity contribution is -0.118. The number of benzene rings is 1. The second-order valence-electron chi connectivity index (χ2n) is 6.07. The van der Waals surface area contributed by atoms with Gasteiger partial charge in [0.2, 0.25) is 0 Å². The van der Waals surface area contributed by atoms with Crippen LogP contribution in [0.2, 0.25) is 0 Å². The number of hydrogen-bond donors (Lipinski definition) is 1. The van der Waals surface area contributed by atoms with Gasteiger partial charge in [-0.2, -0.15) is 0 Å². The lowest BCUT2D eigenvalue weighted by Gasteiger charge is -2.26. The van der Waals surface area contributed by atoms with E-state index >= 15 is 0 Å². The van der Waals surface area contributed by atoms with Crippen molar-refractivity contribution in [1.29, 1.82) is 0 Å². The van der Waals surface area contributed by atoms with E-state index in [-0.39, 0.29) is 5.37 Å². The summed E-state index contributed by atoms with van der Waals surface area (Å²) in [5, 5.41) is -0.0255. The van der Waals surface area contributed by atoms with E-state index in [4.69, 9.17) is 5.73 Å². The van der Waals surface area contributed by atoms with Gasteiger partial charge in [-0.15, -0.1) is 0 Å². The second-order valence-corrected chi connectivity index (χ2v) is 7.20. The Morgan fingerprint density at radius 2 is 2.19 bits per heavy atom. The molecule has 0 bridgehead atoms. The molecule has 0 amide bonds. The highest BCUT2D eigenvalue weighted by Gasteiger charge is 2.35. The molecule has 21 heavy (non-hydrogen) atoms. The lowest BCUT2D eigenvalue weighted by Crippen LogP contribution is -2.36. The standard InChI is InChI=1S/C17H24N2OS/c1-3-7-19-14-9-11-5-6-13(18)8-12(11)10-16(14)21-17(19)15(20)4-2/h9-10,13,17H,3-8,18H2,1-2H3. The molecular weight excluding hydrogens is 280 g/mol. The van der Waals surface area contributed by atoms with Crippen LogP contribution in [0.5, 0.6) is 0 Å². The number of carbonyl (C=O) groups is 1. The van der Waals surface area contributed by atoms with Crippen molar-refractivity contribution in [2.45, 2.75) is 62.3 Å². The van der Waals surface area contributed by atoms with E-state index in [1.165, 1.54) is 21.7 Å². The molecule has 2 unspecified atom stereocenters. The predicted octanol–water partition coefficient (Wildman–Crippen LogP) is 3.13. The van der Waals surface area contributed by atoms with Crippen molar-refractivity contribution in [2.24, 2.45) is 5.73 Å². The Labute approximate surface area is 131 Å². The fourth-order valence-corrected chi connectivity index (χ4v) is 4.72. The van der Waals surface area contributed by atoms with E-state index in [2.05, 4.69) is 24.0 Å². The average molecular weight is 304 g/mol. The first-order valence-corrected chi connectivity index (χ1v) is 8.89.